The van der Waals surface area contributed by atoms with Crippen LogP contribution in [0.2, 0.25) is 0 Å². The summed E-state index contributed by atoms with van der Waals surface area (Å²) in [6, 6.07) is 7.86. The molecule has 3 heterocycles. The molecule has 0 bridgehead atoms. The Bertz CT molecular complexity index is 889. The van der Waals surface area contributed by atoms with E-state index in [9.17, 15) is 4.79 Å². The van der Waals surface area contributed by atoms with Crippen LogP contribution in [0, 0.1) is 0 Å². The smallest absolute Gasteiger partial charge is 0.222 e. The highest BCUT2D eigenvalue weighted by Crippen LogP contribution is 2.30. The van der Waals surface area contributed by atoms with Crippen LogP contribution in [0.1, 0.15) is 32.1 Å². The van der Waals surface area contributed by atoms with Gasteiger partial charge in [0, 0.05) is 31.4 Å². The maximum absolute atomic E-state index is 12.0. The van der Waals surface area contributed by atoms with Gasteiger partial charge in [0.05, 0.1) is 0 Å². The number of carbonyl (C=O) groups excluding carboxylic acids is 1. The minimum absolute atomic E-state index is 0.291. The van der Waals surface area contributed by atoms with E-state index >= 15 is 0 Å². The molecule has 25 heavy (non-hydrogen) atoms. The first-order valence-corrected chi connectivity index (χ1v) is 8.97. The number of benzene rings is 1. The van der Waals surface area contributed by atoms with Gasteiger partial charge in [-0.2, -0.15) is 0 Å². The molecule has 1 aliphatic heterocycles. The van der Waals surface area contributed by atoms with E-state index in [1.165, 1.54) is 0 Å². The fourth-order valence-electron chi connectivity index (χ4n) is 3.40. The zero-order valence-corrected chi connectivity index (χ0v) is 14.2. The molecule has 1 saturated heterocycles. The predicted octanol–water partition coefficient (Wildman–Crippen LogP) is 3.58. The number of para-hydroxylation sites is 1. The molecule has 0 aliphatic carbocycles. The molecule has 0 radical (unpaired) electrons. The quantitative estimate of drug-likeness (QED) is 0.720. The monoisotopic (exact) mass is 338 g/mol. The van der Waals surface area contributed by atoms with Gasteiger partial charge in [-0.05, 0) is 31.4 Å². The second kappa shape index (κ2) is 7.09. The summed E-state index contributed by atoms with van der Waals surface area (Å²) in [5, 5.41) is 4.33. The Morgan fingerprint density at radius 1 is 1.16 bits per heavy atom. The summed E-state index contributed by atoms with van der Waals surface area (Å²) in [4.78, 5) is 22.7. The minimum atomic E-state index is 0.291. The number of aromatic nitrogens is 2. The van der Waals surface area contributed by atoms with E-state index in [4.69, 9.17) is 4.42 Å². The van der Waals surface area contributed by atoms with Crippen molar-refractivity contribution in [2.45, 2.75) is 32.1 Å². The molecular formula is C19H22N4O2. The Balaban J connectivity index is 1.42. The second-order valence-corrected chi connectivity index (χ2v) is 6.47. The van der Waals surface area contributed by atoms with Gasteiger partial charge in [-0.25, -0.2) is 9.97 Å². The minimum Gasteiger partial charge on any atom is -0.450 e. The molecule has 1 fully saturated rings. The predicted molar refractivity (Wildman–Crippen MR) is 97.5 cm³/mol. The van der Waals surface area contributed by atoms with Crippen molar-refractivity contribution in [3.8, 4) is 0 Å². The van der Waals surface area contributed by atoms with E-state index in [1.807, 2.05) is 29.2 Å². The summed E-state index contributed by atoms with van der Waals surface area (Å²) in [7, 11) is 0. The van der Waals surface area contributed by atoms with Crippen molar-refractivity contribution in [1.82, 2.24) is 14.9 Å². The molecule has 6 nitrogen and oxygen atoms in total. The molecule has 1 aliphatic rings. The number of likely N-dealkylation sites (tertiary alicyclic amines) is 1. The average molecular weight is 338 g/mol. The Morgan fingerprint density at radius 3 is 3.04 bits per heavy atom. The maximum Gasteiger partial charge on any atom is 0.222 e. The van der Waals surface area contributed by atoms with Crippen molar-refractivity contribution in [3.63, 3.8) is 0 Å². The van der Waals surface area contributed by atoms with E-state index < -0.39 is 0 Å². The van der Waals surface area contributed by atoms with Crippen LogP contribution in [0.25, 0.3) is 22.1 Å². The third-order valence-electron chi connectivity index (χ3n) is 4.73. The molecule has 1 N–H and O–H groups in total. The van der Waals surface area contributed by atoms with Crippen LogP contribution in [-0.2, 0) is 4.79 Å². The van der Waals surface area contributed by atoms with Gasteiger partial charge >= 0.3 is 0 Å². The van der Waals surface area contributed by atoms with Crippen LogP contribution < -0.4 is 5.32 Å². The summed E-state index contributed by atoms with van der Waals surface area (Å²) in [6.45, 7) is 2.42. The lowest BCUT2D eigenvalue weighted by atomic mass is 10.2. The van der Waals surface area contributed by atoms with Crippen LogP contribution in [0.4, 0.5) is 5.82 Å². The molecule has 0 atom stereocenters. The first kappa shape index (κ1) is 15.9. The number of hydrogen-bond donors (Lipinski definition) is 1. The standard InChI is InChI=1S/C19H22N4O2/c24-16-9-2-1-5-11-23(16)12-6-10-20-19-18-17(21-13-22-19)14-7-3-4-8-15(14)25-18/h3-4,7-8,13H,1-2,5-6,9-12H2,(H,20,21,22). The Labute approximate surface area is 146 Å². The van der Waals surface area contributed by atoms with Crippen molar-refractivity contribution < 1.29 is 9.21 Å². The first-order chi connectivity index (χ1) is 12.3. The maximum atomic E-state index is 12.0. The van der Waals surface area contributed by atoms with Crippen LogP contribution in [-0.4, -0.2) is 40.4 Å². The zero-order chi connectivity index (χ0) is 17.1. The number of amides is 1. The number of carbonyl (C=O) groups is 1. The highest BCUT2D eigenvalue weighted by Gasteiger charge is 2.16. The van der Waals surface area contributed by atoms with E-state index in [-0.39, 0.29) is 0 Å². The van der Waals surface area contributed by atoms with Gasteiger partial charge in [-0.3, -0.25) is 4.79 Å². The van der Waals surface area contributed by atoms with Crippen molar-refractivity contribution in [2.24, 2.45) is 0 Å². The molecule has 0 spiro atoms. The fraction of sp³-hybridized carbons (Fsp3) is 0.421. The van der Waals surface area contributed by atoms with Crippen molar-refractivity contribution in [2.75, 3.05) is 25.0 Å². The fourth-order valence-corrected chi connectivity index (χ4v) is 3.40. The SMILES string of the molecule is O=C1CCCCCN1CCCNc1ncnc2c1oc1ccccc12. The van der Waals surface area contributed by atoms with Gasteiger partial charge in [-0.15, -0.1) is 0 Å². The Hall–Kier alpha value is -2.63. The van der Waals surface area contributed by atoms with E-state index in [0.717, 1.165) is 61.8 Å². The number of fused-ring (bicyclic) bond motifs is 3. The zero-order valence-electron chi connectivity index (χ0n) is 14.2. The lowest BCUT2D eigenvalue weighted by Gasteiger charge is -2.20. The third-order valence-corrected chi connectivity index (χ3v) is 4.73. The van der Waals surface area contributed by atoms with Crippen molar-refractivity contribution in [1.29, 1.82) is 0 Å². The summed E-state index contributed by atoms with van der Waals surface area (Å²) >= 11 is 0. The Morgan fingerprint density at radius 2 is 2.08 bits per heavy atom. The van der Waals surface area contributed by atoms with E-state index in [0.29, 0.717) is 23.7 Å². The van der Waals surface area contributed by atoms with Crippen molar-refractivity contribution >= 4 is 33.8 Å². The molecular weight excluding hydrogens is 316 g/mol. The van der Waals surface area contributed by atoms with Crippen molar-refractivity contribution in [3.05, 3.63) is 30.6 Å². The molecule has 130 valence electrons. The van der Waals surface area contributed by atoms with Gasteiger partial charge in [0.15, 0.2) is 11.4 Å². The molecule has 4 rings (SSSR count). The second-order valence-electron chi connectivity index (χ2n) is 6.47. The van der Waals surface area contributed by atoms with E-state index in [1.54, 1.807) is 6.33 Å². The summed E-state index contributed by atoms with van der Waals surface area (Å²) in [6.07, 6.45) is 6.44. The van der Waals surface area contributed by atoms with Gasteiger partial charge in [0.1, 0.15) is 17.4 Å². The highest BCUT2D eigenvalue weighted by molar-refractivity contribution is 6.05. The molecule has 0 saturated carbocycles. The van der Waals surface area contributed by atoms with Gasteiger partial charge in [0.25, 0.3) is 0 Å². The number of nitrogens with one attached hydrogen (secondary N) is 1. The summed E-state index contributed by atoms with van der Waals surface area (Å²) in [5.41, 5.74) is 2.33. The first-order valence-electron chi connectivity index (χ1n) is 8.97. The number of furan rings is 1. The largest absolute Gasteiger partial charge is 0.450 e. The molecule has 2 aromatic heterocycles. The lowest BCUT2D eigenvalue weighted by molar-refractivity contribution is -0.130. The van der Waals surface area contributed by atoms with Crippen LogP contribution in [0.5, 0.6) is 0 Å². The molecule has 3 aromatic rings. The molecule has 0 unspecified atom stereocenters. The third kappa shape index (κ3) is 3.29. The average Bonchev–Trinajstić information content (AvgIpc) is 2.90. The number of anilines is 1. The molecule has 6 heteroatoms. The van der Waals surface area contributed by atoms with Crippen LogP contribution >= 0.6 is 0 Å². The number of rotatable bonds is 5. The van der Waals surface area contributed by atoms with Gasteiger partial charge < -0.3 is 14.6 Å². The van der Waals surface area contributed by atoms with Gasteiger partial charge in [0.2, 0.25) is 5.91 Å². The Kier molecular flexibility index (Phi) is 4.50. The number of hydrogen-bond acceptors (Lipinski definition) is 5. The highest BCUT2D eigenvalue weighted by atomic mass is 16.3. The number of nitrogens with zero attached hydrogens (tertiary/aromatic N) is 3. The topological polar surface area (TPSA) is 71.3 Å². The lowest BCUT2D eigenvalue weighted by Crippen LogP contribution is -2.32. The van der Waals surface area contributed by atoms with Crippen LogP contribution in [0.15, 0.2) is 35.0 Å². The van der Waals surface area contributed by atoms with E-state index in [2.05, 4.69) is 15.3 Å². The molecule has 1 aromatic carbocycles. The van der Waals surface area contributed by atoms with Gasteiger partial charge in [-0.1, -0.05) is 18.6 Å². The summed E-state index contributed by atoms with van der Waals surface area (Å²) in [5.74, 6) is 1.00. The molecule has 1 amide bonds. The van der Waals surface area contributed by atoms with Crippen LogP contribution in [0.3, 0.4) is 0 Å². The normalized spacial score (nSPS) is 15.7. The summed E-state index contributed by atoms with van der Waals surface area (Å²) < 4.78 is 5.91.